The van der Waals surface area contributed by atoms with Crippen molar-refractivity contribution in [1.82, 2.24) is 9.62 Å². The van der Waals surface area contributed by atoms with Crippen LogP contribution < -0.4 is 4.72 Å². The van der Waals surface area contributed by atoms with E-state index >= 15 is 0 Å². The molecule has 1 saturated heterocycles. The third-order valence-electron chi connectivity index (χ3n) is 5.14. The van der Waals surface area contributed by atoms with E-state index in [2.05, 4.69) is 28.7 Å². The normalized spacial score (nSPS) is 17.9. The van der Waals surface area contributed by atoms with Crippen LogP contribution in [0.25, 0.3) is 0 Å². The zero-order valence-electron chi connectivity index (χ0n) is 15.3. The van der Waals surface area contributed by atoms with Crippen molar-refractivity contribution < 1.29 is 8.42 Å². The Balaban J connectivity index is 1.69. The van der Waals surface area contributed by atoms with Crippen molar-refractivity contribution in [3.05, 3.63) is 71.8 Å². The molecule has 0 saturated carbocycles. The van der Waals surface area contributed by atoms with Gasteiger partial charge in [0.25, 0.3) is 0 Å². The van der Waals surface area contributed by atoms with E-state index in [1.807, 2.05) is 48.5 Å². The van der Waals surface area contributed by atoms with E-state index < -0.39 is 10.0 Å². The molecule has 1 heterocycles. The molecule has 26 heavy (non-hydrogen) atoms. The molecule has 0 amide bonds. The fourth-order valence-corrected chi connectivity index (χ4v) is 4.67. The Morgan fingerprint density at radius 2 is 1.58 bits per heavy atom. The molecule has 0 bridgehead atoms. The number of rotatable bonds is 7. The van der Waals surface area contributed by atoms with Gasteiger partial charge >= 0.3 is 0 Å². The minimum absolute atomic E-state index is 0.0202. The second-order valence-corrected chi connectivity index (χ2v) is 9.04. The highest BCUT2D eigenvalue weighted by Gasteiger charge is 2.26. The van der Waals surface area contributed by atoms with Crippen LogP contribution in [0, 0.1) is 5.92 Å². The summed E-state index contributed by atoms with van der Waals surface area (Å²) in [6.45, 7) is 4.73. The lowest BCUT2D eigenvalue weighted by Crippen LogP contribution is -2.42. The Kier molecular flexibility index (Phi) is 6.46. The molecule has 1 N–H and O–H groups in total. The van der Waals surface area contributed by atoms with Crippen LogP contribution in [-0.2, 0) is 15.8 Å². The first kappa shape index (κ1) is 19.1. The van der Waals surface area contributed by atoms with Gasteiger partial charge in [0.15, 0.2) is 0 Å². The van der Waals surface area contributed by atoms with Crippen molar-refractivity contribution in [2.45, 2.75) is 31.6 Å². The molecule has 1 atom stereocenters. The molecule has 0 spiro atoms. The lowest BCUT2D eigenvalue weighted by molar-refractivity contribution is 0.139. The highest BCUT2D eigenvalue weighted by molar-refractivity contribution is 7.88. The molecule has 140 valence electrons. The Labute approximate surface area is 157 Å². The minimum Gasteiger partial charge on any atom is -0.295 e. The molecule has 1 aliphatic heterocycles. The second kappa shape index (κ2) is 8.80. The van der Waals surface area contributed by atoms with Gasteiger partial charge in [0.05, 0.1) is 5.75 Å². The van der Waals surface area contributed by atoms with Crippen molar-refractivity contribution in [3.8, 4) is 0 Å². The number of piperidine rings is 1. The van der Waals surface area contributed by atoms with Crippen LogP contribution in [0.5, 0.6) is 0 Å². The number of hydrogen-bond donors (Lipinski definition) is 1. The highest BCUT2D eigenvalue weighted by atomic mass is 32.2. The average molecular weight is 373 g/mol. The summed E-state index contributed by atoms with van der Waals surface area (Å²) in [7, 11) is -3.36. The average Bonchev–Trinajstić information content (AvgIpc) is 2.64. The number of benzene rings is 2. The molecule has 2 aromatic carbocycles. The summed E-state index contributed by atoms with van der Waals surface area (Å²) in [5.41, 5.74) is 1.98. The summed E-state index contributed by atoms with van der Waals surface area (Å²) in [6, 6.07) is 19.6. The molecule has 3 rings (SSSR count). The number of sulfonamides is 1. The number of hydrogen-bond acceptors (Lipinski definition) is 3. The fourth-order valence-electron chi connectivity index (χ4n) is 3.52. The fraction of sp³-hybridized carbons (Fsp3) is 0.429. The van der Waals surface area contributed by atoms with E-state index in [1.54, 1.807) is 0 Å². The van der Waals surface area contributed by atoms with E-state index in [0.29, 0.717) is 6.54 Å². The minimum atomic E-state index is -3.36. The number of nitrogens with one attached hydrogen (secondary N) is 1. The van der Waals surface area contributed by atoms with Gasteiger partial charge in [0, 0.05) is 12.6 Å². The van der Waals surface area contributed by atoms with Gasteiger partial charge in [-0.15, -0.1) is 0 Å². The van der Waals surface area contributed by atoms with Gasteiger partial charge in [-0.05, 0) is 43.0 Å². The second-order valence-electron chi connectivity index (χ2n) is 7.24. The SMILES string of the molecule is CC1CCN([C@H](CNS(=O)(=O)Cc2ccccc2)c2ccccc2)CC1. The predicted molar refractivity (Wildman–Crippen MR) is 106 cm³/mol. The van der Waals surface area contributed by atoms with Gasteiger partial charge in [-0.2, -0.15) is 0 Å². The van der Waals surface area contributed by atoms with Crippen molar-refractivity contribution in [2.75, 3.05) is 19.6 Å². The van der Waals surface area contributed by atoms with Crippen LogP contribution in [0.4, 0.5) is 0 Å². The van der Waals surface area contributed by atoms with Crippen molar-refractivity contribution in [3.63, 3.8) is 0 Å². The molecule has 1 aliphatic rings. The van der Waals surface area contributed by atoms with E-state index in [-0.39, 0.29) is 11.8 Å². The predicted octanol–water partition coefficient (Wildman–Crippen LogP) is 3.58. The molecule has 0 unspecified atom stereocenters. The van der Waals surface area contributed by atoms with Crippen molar-refractivity contribution in [1.29, 1.82) is 0 Å². The lowest BCUT2D eigenvalue weighted by Gasteiger charge is -2.37. The maximum absolute atomic E-state index is 12.5. The van der Waals surface area contributed by atoms with Crippen molar-refractivity contribution in [2.24, 2.45) is 5.92 Å². The molecule has 0 radical (unpaired) electrons. The van der Waals surface area contributed by atoms with E-state index in [0.717, 1.165) is 24.6 Å². The van der Waals surface area contributed by atoms with Crippen LogP contribution in [0.1, 0.15) is 36.9 Å². The highest BCUT2D eigenvalue weighted by Crippen LogP contribution is 2.26. The molecular weight excluding hydrogens is 344 g/mol. The van der Waals surface area contributed by atoms with Gasteiger partial charge in [0.1, 0.15) is 0 Å². The Bertz CT molecular complexity index is 770. The third-order valence-corrected chi connectivity index (χ3v) is 6.46. The summed E-state index contributed by atoms with van der Waals surface area (Å²) in [5.74, 6) is 0.768. The third kappa shape index (κ3) is 5.40. The molecular formula is C21H28N2O2S. The first-order valence-corrected chi connectivity index (χ1v) is 11.0. The molecule has 1 fully saturated rings. The molecule has 0 aromatic heterocycles. The Hall–Kier alpha value is -1.69. The van der Waals surface area contributed by atoms with Crippen molar-refractivity contribution >= 4 is 10.0 Å². The van der Waals surface area contributed by atoms with E-state index in [4.69, 9.17) is 0 Å². The lowest BCUT2D eigenvalue weighted by atomic mass is 9.96. The van der Waals surface area contributed by atoms with Gasteiger partial charge in [0.2, 0.25) is 10.0 Å². The quantitative estimate of drug-likeness (QED) is 0.808. The van der Waals surface area contributed by atoms with Gasteiger partial charge < -0.3 is 0 Å². The Morgan fingerprint density at radius 3 is 2.19 bits per heavy atom. The summed E-state index contributed by atoms with van der Waals surface area (Å²) in [6.07, 6.45) is 2.33. The first-order chi connectivity index (χ1) is 12.5. The monoisotopic (exact) mass is 372 g/mol. The number of nitrogens with zero attached hydrogens (tertiary/aromatic N) is 1. The maximum atomic E-state index is 12.5. The number of likely N-dealkylation sites (tertiary alicyclic amines) is 1. The zero-order chi connectivity index (χ0) is 18.4. The van der Waals surface area contributed by atoms with Crippen LogP contribution in [0.3, 0.4) is 0 Å². The topological polar surface area (TPSA) is 49.4 Å². The van der Waals surface area contributed by atoms with E-state index in [9.17, 15) is 8.42 Å². The van der Waals surface area contributed by atoms with Gasteiger partial charge in [-0.3, -0.25) is 4.90 Å². The largest absolute Gasteiger partial charge is 0.295 e. The summed E-state index contributed by atoms with van der Waals surface area (Å²) in [4.78, 5) is 2.42. The van der Waals surface area contributed by atoms with Crippen LogP contribution >= 0.6 is 0 Å². The summed E-state index contributed by atoms with van der Waals surface area (Å²) < 4.78 is 27.9. The van der Waals surface area contributed by atoms with Crippen LogP contribution in [0.2, 0.25) is 0 Å². The van der Waals surface area contributed by atoms with Crippen LogP contribution in [0.15, 0.2) is 60.7 Å². The first-order valence-electron chi connectivity index (χ1n) is 9.34. The molecule has 5 heteroatoms. The standard InChI is InChI=1S/C21H28N2O2S/c1-18-12-14-23(15-13-18)21(20-10-6-3-7-11-20)16-22-26(24,25)17-19-8-4-2-5-9-19/h2-11,18,21-22H,12-17H2,1H3/t21-/m1/s1. The maximum Gasteiger partial charge on any atom is 0.215 e. The van der Waals surface area contributed by atoms with Gasteiger partial charge in [-0.25, -0.2) is 13.1 Å². The molecule has 0 aliphatic carbocycles. The smallest absolute Gasteiger partial charge is 0.215 e. The molecule has 2 aromatic rings. The van der Waals surface area contributed by atoms with Gasteiger partial charge in [-0.1, -0.05) is 67.6 Å². The van der Waals surface area contributed by atoms with E-state index in [1.165, 1.54) is 18.4 Å². The Morgan fingerprint density at radius 1 is 1.00 bits per heavy atom. The molecule has 4 nitrogen and oxygen atoms in total. The summed E-state index contributed by atoms with van der Waals surface area (Å²) >= 11 is 0. The zero-order valence-corrected chi connectivity index (χ0v) is 16.2. The summed E-state index contributed by atoms with van der Waals surface area (Å²) in [5, 5.41) is 0. The van der Waals surface area contributed by atoms with Crippen LogP contribution in [-0.4, -0.2) is 33.0 Å².